The molecule has 0 spiro atoms. The van der Waals surface area contributed by atoms with Gasteiger partial charge in [0.25, 0.3) is 5.92 Å². The molecule has 2 fully saturated rings. The predicted octanol–water partition coefficient (Wildman–Crippen LogP) is 4.69. The van der Waals surface area contributed by atoms with Crippen molar-refractivity contribution < 1.29 is 18.3 Å². The average molecular weight is 452 g/mol. The van der Waals surface area contributed by atoms with Crippen LogP contribution in [0.4, 0.5) is 8.78 Å². The maximum absolute atomic E-state index is 12.9. The smallest absolute Gasteiger partial charge is 0.287 e. The van der Waals surface area contributed by atoms with Gasteiger partial charge < -0.3 is 19.4 Å². The topological polar surface area (TPSA) is 54.6 Å². The van der Waals surface area contributed by atoms with E-state index in [1.165, 1.54) is 56.6 Å². The zero-order valence-corrected chi connectivity index (χ0v) is 19.7. The van der Waals surface area contributed by atoms with Crippen LogP contribution in [-0.2, 0) is 15.4 Å². The van der Waals surface area contributed by atoms with Gasteiger partial charge in [0.1, 0.15) is 0 Å². The lowest BCUT2D eigenvalue weighted by molar-refractivity contribution is -0.173. The van der Waals surface area contributed by atoms with E-state index in [0.717, 1.165) is 19.6 Å². The number of hydrogen-bond acceptors (Lipinski definition) is 4. The van der Waals surface area contributed by atoms with Crippen molar-refractivity contribution in [3.63, 3.8) is 0 Å². The number of hydrogen-bond donors (Lipinski definition) is 1. The van der Waals surface area contributed by atoms with Crippen LogP contribution in [0.25, 0.3) is 0 Å². The highest BCUT2D eigenvalue weighted by Gasteiger charge is 2.41. The molecule has 2 aliphatic heterocycles. The third-order valence-corrected chi connectivity index (χ3v) is 6.04. The standard InChI is InChI=1S/C17H28NO2.C8H9F2NO/c1-17(2,3)20-16-14(13-6-7-13)8-11-19-15(16)12-18-9-4-5-10-18;1-2-8(9,10)6-4-3-5-7(12)11-6/h6-7,14-16H,4-5,8-12H2,1-3H3;3-5H,2H2,1H3,(H,11,12)/t14-,15+,16+;/m0./s1. The Labute approximate surface area is 190 Å². The summed E-state index contributed by atoms with van der Waals surface area (Å²) in [6.07, 6.45) is 8.35. The Morgan fingerprint density at radius 3 is 2.47 bits per heavy atom. The number of ether oxygens (including phenoxy) is 2. The van der Waals surface area contributed by atoms with Crippen molar-refractivity contribution in [2.24, 2.45) is 5.92 Å². The van der Waals surface area contributed by atoms with Crippen molar-refractivity contribution in [1.29, 1.82) is 0 Å². The predicted molar refractivity (Wildman–Crippen MR) is 122 cm³/mol. The quantitative estimate of drug-likeness (QED) is 0.682. The van der Waals surface area contributed by atoms with Gasteiger partial charge in [-0.2, -0.15) is 8.78 Å². The average Bonchev–Trinajstić information content (AvgIpc) is 3.45. The fraction of sp³-hybridized carbons (Fsp3) is 0.680. The molecule has 2 saturated heterocycles. The van der Waals surface area contributed by atoms with E-state index in [0.29, 0.717) is 5.92 Å². The van der Waals surface area contributed by atoms with Crippen molar-refractivity contribution in [3.8, 4) is 0 Å². The molecule has 32 heavy (non-hydrogen) atoms. The number of rotatable bonds is 6. The molecule has 1 N–H and O–H groups in total. The summed E-state index contributed by atoms with van der Waals surface area (Å²) in [4.78, 5) is 15.3. The molecule has 0 unspecified atom stereocenters. The van der Waals surface area contributed by atoms with Crippen LogP contribution in [0, 0.1) is 12.3 Å². The van der Waals surface area contributed by atoms with Crippen LogP contribution >= 0.6 is 0 Å². The lowest BCUT2D eigenvalue weighted by atomic mass is 9.88. The third-order valence-electron chi connectivity index (χ3n) is 6.04. The lowest BCUT2D eigenvalue weighted by Gasteiger charge is -2.42. The first-order chi connectivity index (χ1) is 15.1. The van der Waals surface area contributed by atoms with Crippen molar-refractivity contribution in [1.82, 2.24) is 9.88 Å². The van der Waals surface area contributed by atoms with Crippen LogP contribution in [0.1, 0.15) is 59.1 Å². The van der Waals surface area contributed by atoms with Gasteiger partial charge in [-0.05, 0) is 59.2 Å². The Morgan fingerprint density at radius 2 is 1.91 bits per heavy atom. The fourth-order valence-corrected chi connectivity index (χ4v) is 4.31. The Hall–Kier alpha value is -1.57. The monoisotopic (exact) mass is 451 g/mol. The lowest BCUT2D eigenvalue weighted by Crippen LogP contribution is -2.50. The summed E-state index contributed by atoms with van der Waals surface area (Å²) in [6.45, 7) is 12.2. The largest absolute Gasteiger partial charge is 0.374 e. The summed E-state index contributed by atoms with van der Waals surface area (Å²) in [5.74, 6) is -2.39. The van der Waals surface area contributed by atoms with E-state index < -0.39 is 11.5 Å². The SMILES string of the molecule is CC(C)(C)O[C@H]1[C@@H](CN2CCCC2)OCC[C@H]1C1=C[CH]1.CCC(F)(F)c1cccc(=O)[nH]1. The summed E-state index contributed by atoms with van der Waals surface area (Å²) in [5, 5.41) is 0. The normalized spacial score (nSPS) is 26.3. The Kier molecular flexibility index (Phi) is 8.28. The van der Waals surface area contributed by atoms with Gasteiger partial charge in [-0.1, -0.05) is 24.6 Å². The summed E-state index contributed by atoms with van der Waals surface area (Å²) in [6, 6.07) is 3.73. The number of likely N-dealkylation sites (tertiary alicyclic amines) is 1. The minimum absolute atomic E-state index is 0.109. The van der Waals surface area contributed by atoms with Crippen LogP contribution in [0.2, 0.25) is 0 Å². The van der Waals surface area contributed by atoms with Gasteiger partial charge in [0.2, 0.25) is 5.56 Å². The minimum atomic E-state index is -2.93. The first-order valence-corrected chi connectivity index (χ1v) is 11.7. The molecule has 5 nitrogen and oxygen atoms in total. The molecule has 7 heteroatoms. The maximum atomic E-state index is 12.9. The van der Waals surface area contributed by atoms with Gasteiger partial charge in [0.05, 0.1) is 23.5 Å². The van der Waals surface area contributed by atoms with Crippen LogP contribution in [-0.4, -0.2) is 53.9 Å². The highest BCUT2D eigenvalue weighted by molar-refractivity contribution is 5.42. The maximum Gasteiger partial charge on any atom is 0.287 e. The molecule has 1 radical (unpaired) electrons. The van der Waals surface area contributed by atoms with Crippen LogP contribution in [0.3, 0.4) is 0 Å². The summed E-state index contributed by atoms with van der Waals surface area (Å²) < 4.78 is 38.3. The van der Waals surface area contributed by atoms with Gasteiger partial charge >= 0.3 is 0 Å². The Balaban J connectivity index is 0.000000207. The molecule has 0 amide bonds. The number of H-pyrrole nitrogens is 1. The number of nitrogens with zero attached hydrogens (tertiary/aromatic N) is 1. The number of nitrogens with one attached hydrogen (secondary N) is 1. The molecule has 1 aromatic rings. The van der Waals surface area contributed by atoms with Crippen molar-refractivity contribution in [2.45, 2.75) is 77.1 Å². The molecule has 0 aromatic carbocycles. The van der Waals surface area contributed by atoms with E-state index in [9.17, 15) is 13.6 Å². The van der Waals surface area contributed by atoms with E-state index in [4.69, 9.17) is 9.47 Å². The molecule has 179 valence electrons. The van der Waals surface area contributed by atoms with E-state index in [1.54, 1.807) is 0 Å². The molecule has 1 aromatic heterocycles. The molecule has 0 bridgehead atoms. The first-order valence-electron chi connectivity index (χ1n) is 11.7. The molecule has 3 aliphatic rings. The van der Waals surface area contributed by atoms with E-state index in [-0.39, 0.29) is 29.9 Å². The fourth-order valence-electron chi connectivity index (χ4n) is 4.31. The highest BCUT2D eigenvalue weighted by Crippen LogP contribution is 2.39. The Bertz CT molecular complexity index is 825. The second kappa shape index (κ2) is 10.6. The number of aromatic nitrogens is 1. The minimum Gasteiger partial charge on any atom is -0.374 e. The molecular formula is C25H37F2N2O3. The Morgan fingerprint density at radius 1 is 1.22 bits per heavy atom. The van der Waals surface area contributed by atoms with Gasteiger partial charge in [-0.25, -0.2) is 0 Å². The van der Waals surface area contributed by atoms with Crippen LogP contribution in [0.5, 0.6) is 0 Å². The van der Waals surface area contributed by atoms with Gasteiger partial charge in [0, 0.05) is 38.0 Å². The molecule has 4 rings (SSSR count). The second-order valence-corrected chi connectivity index (χ2v) is 9.83. The van der Waals surface area contributed by atoms with E-state index >= 15 is 0 Å². The van der Waals surface area contributed by atoms with Crippen molar-refractivity contribution >= 4 is 0 Å². The zero-order chi connectivity index (χ0) is 23.4. The summed E-state index contributed by atoms with van der Waals surface area (Å²) in [7, 11) is 0. The second-order valence-electron chi connectivity index (χ2n) is 9.83. The zero-order valence-electron chi connectivity index (χ0n) is 19.7. The van der Waals surface area contributed by atoms with Gasteiger partial charge in [0.15, 0.2) is 0 Å². The molecule has 1 aliphatic carbocycles. The first kappa shape index (κ1) is 25.1. The number of halogens is 2. The summed E-state index contributed by atoms with van der Waals surface area (Å²) in [5.41, 5.74) is 0.551. The molecular weight excluding hydrogens is 414 g/mol. The molecule has 0 saturated carbocycles. The van der Waals surface area contributed by atoms with Crippen LogP contribution < -0.4 is 5.56 Å². The third kappa shape index (κ3) is 7.22. The van der Waals surface area contributed by atoms with Gasteiger partial charge in [-0.15, -0.1) is 0 Å². The van der Waals surface area contributed by atoms with Crippen LogP contribution in [0.15, 0.2) is 34.6 Å². The van der Waals surface area contributed by atoms with E-state index in [1.807, 2.05) is 0 Å². The van der Waals surface area contributed by atoms with Crippen molar-refractivity contribution in [2.75, 3.05) is 26.2 Å². The number of pyridine rings is 1. The number of allylic oxidation sites excluding steroid dienone is 1. The molecule has 3 heterocycles. The van der Waals surface area contributed by atoms with E-state index in [2.05, 4.69) is 43.2 Å². The highest BCUT2D eigenvalue weighted by atomic mass is 19.3. The summed E-state index contributed by atoms with van der Waals surface area (Å²) >= 11 is 0. The number of alkyl halides is 2. The van der Waals surface area contributed by atoms with Crippen molar-refractivity contribution in [3.05, 3.63) is 52.3 Å². The molecule has 3 atom stereocenters. The number of aromatic amines is 1. The van der Waals surface area contributed by atoms with Gasteiger partial charge in [-0.3, -0.25) is 4.79 Å².